The summed E-state index contributed by atoms with van der Waals surface area (Å²) in [6, 6.07) is 14.0. The Morgan fingerprint density at radius 2 is 1.83 bits per heavy atom. The lowest BCUT2D eigenvalue weighted by Crippen LogP contribution is -2.22. The zero-order chi connectivity index (χ0) is 21.2. The highest BCUT2D eigenvalue weighted by Gasteiger charge is 2.20. The van der Waals surface area contributed by atoms with E-state index in [0.29, 0.717) is 5.13 Å². The first kappa shape index (κ1) is 21.5. The van der Waals surface area contributed by atoms with Crippen LogP contribution in [0.3, 0.4) is 0 Å². The number of anilines is 1. The third-order valence-electron chi connectivity index (χ3n) is 4.46. The van der Waals surface area contributed by atoms with Crippen LogP contribution >= 0.6 is 27.3 Å². The topological polar surface area (TPSA) is 51.2 Å². The molecule has 1 heterocycles. The highest BCUT2D eigenvalue weighted by Crippen LogP contribution is 2.33. The van der Waals surface area contributed by atoms with Crippen molar-refractivity contribution in [2.24, 2.45) is 0 Å². The number of nitrogens with zero attached hydrogens (tertiary/aromatic N) is 1. The van der Waals surface area contributed by atoms with Gasteiger partial charge in [-0.3, -0.25) is 10.1 Å². The van der Waals surface area contributed by atoms with Gasteiger partial charge in [0.2, 0.25) is 0 Å². The van der Waals surface area contributed by atoms with Gasteiger partial charge in [-0.2, -0.15) is 0 Å². The van der Waals surface area contributed by atoms with Gasteiger partial charge in [0.15, 0.2) is 11.7 Å². The van der Waals surface area contributed by atoms with Crippen molar-refractivity contribution < 1.29 is 9.53 Å². The number of carbonyl (C=O) groups excluding carboxylic acids is 1. The Bertz CT molecular complexity index is 1020. The van der Waals surface area contributed by atoms with E-state index in [1.165, 1.54) is 16.9 Å². The molecule has 0 radical (unpaired) electrons. The predicted octanol–water partition coefficient (Wildman–Crippen LogP) is 6.50. The number of carbonyl (C=O) groups is 1. The van der Waals surface area contributed by atoms with E-state index in [4.69, 9.17) is 4.74 Å². The zero-order valence-electron chi connectivity index (χ0n) is 17.3. The monoisotopic (exact) mass is 472 g/mol. The van der Waals surface area contributed by atoms with Gasteiger partial charge >= 0.3 is 0 Å². The molecule has 0 fully saturated rings. The SMILES string of the molecule is Cc1ccc(OCC(=O)Nc2nc(-c3ccc(Br)cc3)c(C)s2)c(C(C)(C)C)c1. The summed E-state index contributed by atoms with van der Waals surface area (Å²) < 4.78 is 6.87. The van der Waals surface area contributed by atoms with Crippen LogP contribution in [0, 0.1) is 13.8 Å². The zero-order valence-corrected chi connectivity index (χ0v) is 19.7. The largest absolute Gasteiger partial charge is 0.483 e. The number of amides is 1. The molecule has 1 N–H and O–H groups in total. The fourth-order valence-corrected chi connectivity index (χ4v) is 4.10. The molecule has 2 aromatic carbocycles. The normalized spacial score (nSPS) is 11.4. The predicted molar refractivity (Wildman–Crippen MR) is 124 cm³/mol. The number of aromatic nitrogens is 1. The first-order valence-electron chi connectivity index (χ1n) is 9.40. The minimum absolute atomic E-state index is 0.0572. The Morgan fingerprint density at radius 1 is 1.14 bits per heavy atom. The Hall–Kier alpha value is -2.18. The van der Waals surface area contributed by atoms with Gasteiger partial charge in [-0.25, -0.2) is 4.98 Å². The number of rotatable bonds is 5. The van der Waals surface area contributed by atoms with Crippen LogP contribution in [0.25, 0.3) is 11.3 Å². The van der Waals surface area contributed by atoms with Crippen LogP contribution in [0.15, 0.2) is 46.9 Å². The fraction of sp³-hybridized carbons (Fsp3) is 0.304. The number of thiazole rings is 1. The average Bonchev–Trinajstić information content (AvgIpc) is 3.00. The van der Waals surface area contributed by atoms with Crippen LogP contribution in [0.5, 0.6) is 5.75 Å². The van der Waals surface area contributed by atoms with Gasteiger partial charge in [-0.05, 0) is 43.0 Å². The molecule has 3 rings (SSSR count). The maximum atomic E-state index is 12.4. The van der Waals surface area contributed by atoms with Crippen molar-refractivity contribution in [3.63, 3.8) is 0 Å². The summed E-state index contributed by atoms with van der Waals surface area (Å²) in [4.78, 5) is 18.1. The number of halogens is 1. The molecular formula is C23H25BrN2O2S. The molecule has 0 bridgehead atoms. The summed E-state index contributed by atoms with van der Waals surface area (Å²) in [5.41, 5.74) is 4.10. The third kappa shape index (κ3) is 5.46. The van der Waals surface area contributed by atoms with E-state index >= 15 is 0 Å². The average molecular weight is 473 g/mol. The van der Waals surface area contributed by atoms with E-state index in [-0.39, 0.29) is 17.9 Å². The molecule has 3 aromatic rings. The first-order chi connectivity index (χ1) is 13.6. The number of aryl methyl sites for hydroxylation is 2. The lowest BCUT2D eigenvalue weighted by atomic mass is 9.85. The van der Waals surface area contributed by atoms with Gasteiger partial charge < -0.3 is 4.74 Å². The van der Waals surface area contributed by atoms with Gasteiger partial charge in [0.25, 0.3) is 5.91 Å². The number of nitrogens with one attached hydrogen (secondary N) is 1. The second kappa shape index (κ2) is 8.67. The molecule has 1 amide bonds. The summed E-state index contributed by atoms with van der Waals surface area (Å²) in [6.07, 6.45) is 0. The highest BCUT2D eigenvalue weighted by atomic mass is 79.9. The molecule has 0 unspecified atom stereocenters. The van der Waals surface area contributed by atoms with Crippen LogP contribution in [0.4, 0.5) is 5.13 Å². The van der Waals surface area contributed by atoms with Crippen molar-refractivity contribution in [2.75, 3.05) is 11.9 Å². The van der Waals surface area contributed by atoms with Crippen molar-refractivity contribution in [3.05, 3.63) is 62.9 Å². The quantitative estimate of drug-likeness (QED) is 0.460. The van der Waals surface area contributed by atoms with Crippen molar-refractivity contribution >= 4 is 38.3 Å². The van der Waals surface area contributed by atoms with Crippen LogP contribution < -0.4 is 10.1 Å². The number of benzene rings is 2. The van der Waals surface area contributed by atoms with E-state index in [0.717, 1.165) is 31.9 Å². The summed E-state index contributed by atoms with van der Waals surface area (Å²) in [5.74, 6) is 0.519. The molecule has 4 nitrogen and oxygen atoms in total. The van der Waals surface area contributed by atoms with E-state index in [2.05, 4.69) is 60.0 Å². The molecule has 0 atom stereocenters. The summed E-state index contributed by atoms with van der Waals surface area (Å²) in [7, 11) is 0. The minimum Gasteiger partial charge on any atom is -0.483 e. The molecule has 0 aliphatic rings. The lowest BCUT2D eigenvalue weighted by molar-refractivity contribution is -0.118. The van der Waals surface area contributed by atoms with Gasteiger partial charge in [-0.15, -0.1) is 11.3 Å². The molecule has 0 saturated carbocycles. The molecule has 0 aliphatic carbocycles. The summed E-state index contributed by atoms with van der Waals surface area (Å²) >= 11 is 4.91. The summed E-state index contributed by atoms with van der Waals surface area (Å²) in [6.45, 7) is 10.4. The Balaban J connectivity index is 1.68. The maximum absolute atomic E-state index is 12.4. The van der Waals surface area contributed by atoms with E-state index < -0.39 is 0 Å². The van der Waals surface area contributed by atoms with Gasteiger partial charge in [0.1, 0.15) is 5.75 Å². The molecule has 152 valence electrons. The van der Waals surface area contributed by atoms with E-state index in [1.54, 1.807) is 0 Å². The van der Waals surface area contributed by atoms with Gasteiger partial charge in [-0.1, -0.05) is 66.5 Å². The standard InChI is InChI=1S/C23H25BrN2O2S/c1-14-6-11-19(18(12-14)23(3,4)5)28-13-20(27)25-22-26-21(15(2)29-22)16-7-9-17(24)10-8-16/h6-12H,13H2,1-5H3,(H,25,26,27). The second-order valence-electron chi connectivity index (χ2n) is 8.02. The Kier molecular flexibility index (Phi) is 6.44. The van der Waals surface area contributed by atoms with Crippen molar-refractivity contribution in [1.82, 2.24) is 4.98 Å². The van der Waals surface area contributed by atoms with Crippen LogP contribution in [-0.2, 0) is 10.2 Å². The van der Waals surface area contributed by atoms with Crippen LogP contribution in [0.2, 0.25) is 0 Å². The molecule has 0 aliphatic heterocycles. The molecular weight excluding hydrogens is 448 g/mol. The number of hydrogen-bond acceptors (Lipinski definition) is 4. The van der Waals surface area contributed by atoms with Crippen molar-refractivity contribution in [3.8, 4) is 17.0 Å². The molecule has 1 aromatic heterocycles. The number of ether oxygens (including phenoxy) is 1. The van der Waals surface area contributed by atoms with Gasteiger partial charge in [0.05, 0.1) is 5.69 Å². The minimum atomic E-state index is -0.221. The van der Waals surface area contributed by atoms with E-state index in [1.807, 2.05) is 43.3 Å². The van der Waals surface area contributed by atoms with E-state index in [9.17, 15) is 4.79 Å². The lowest BCUT2D eigenvalue weighted by Gasteiger charge is -2.23. The van der Waals surface area contributed by atoms with Crippen molar-refractivity contribution in [2.45, 2.75) is 40.0 Å². The third-order valence-corrected chi connectivity index (χ3v) is 5.88. The first-order valence-corrected chi connectivity index (χ1v) is 11.0. The Labute approximate surface area is 184 Å². The molecule has 6 heteroatoms. The number of hydrogen-bond donors (Lipinski definition) is 1. The fourth-order valence-electron chi connectivity index (χ4n) is 2.98. The van der Waals surface area contributed by atoms with Crippen molar-refractivity contribution in [1.29, 1.82) is 0 Å². The van der Waals surface area contributed by atoms with Crippen LogP contribution in [0.1, 0.15) is 36.8 Å². The Morgan fingerprint density at radius 3 is 2.48 bits per heavy atom. The summed E-state index contributed by atoms with van der Waals surface area (Å²) in [5, 5.41) is 3.44. The van der Waals surface area contributed by atoms with Crippen LogP contribution in [-0.4, -0.2) is 17.5 Å². The molecule has 0 spiro atoms. The van der Waals surface area contributed by atoms with Gasteiger partial charge in [0, 0.05) is 14.9 Å². The smallest absolute Gasteiger partial charge is 0.264 e. The molecule has 29 heavy (non-hydrogen) atoms. The maximum Gasteiger partial charge on any atom is 0.264 e. The molecule has 0 saturated heterocycles. The highest BCUT2D eigenvalue weighted by molar-refractivity contribution is 9.10. The second-order valence-corrected chi connectivity index (χ2v) is 10.1.